The molecule has 3 aliphatic heterocycles. The number of carbonyl (C=O) groups is 1. The third-order valence-electron chi connectivity index (χ3n) is 6.74. The molecule has 1 aromatic carbocycles. The molecule has 1 amide bonds. The first kappa shape index (κ1) is 20.4. The number of piperazine rings is 1. The molecule has 0 radical (unpaired) electrons. The van der Waals surface area contributed by atoms with Gasteiger partial charge in [0.15, 0.2) is 5.82 Å². The SMILES string of the molecule is CN1CCN(c2ccc(-c3ncc4c(n3)N(CCCN3CCCC3)CC4)cc2)C(=O)C1. The standard InChI is InChI=1S/C24H32N6O/c1-27-15-16-30(22(31)18-27)21-7-5-19(6-8-21)23-25-17-20-9-14-29(24(20)26-23)13-4-12-28-10-2-3-11-28/h5-8,17H,2-4,9-16,18H2,1H3. The Hall–Kier alpha value is -2.51. The number of benzene rings is 1. The molecule has 3 aliphatic rings. The number of amides is 1. The van der Waals surface area contributed by atoms with Gasteiger partial charge in [0.25, 0.3) is 0 Å². The van der Waals surface area contributed by atoms with Crippen LogP contribution in [0.15, 0.2) is 30.5 Å². The highest BCUT2D eigenvalue weighted by Gasteiger charge is 2.24. The minimum Gasteiger partial charge on any atom is -0.356 e. The summed E-state index contributed by atoms with van der Waals surface area (Å²) in [5.41, 5.74) is 3.20. The fraction of sp³-hybridized carbons (Fsp3) is 0.542. The van der Waals surface area contributed by atoms with E-state index in [0.717, 1.165) is 55.5 Å². The van der Waals surface area contributed by atoms with Crippen LogP contribution in [0.2, 0.25) is 0 Å². The second-order valence-electron chi connectivity index (χ2n) is 9.01. The third kappa shape index (κ3) is 4.43. The van der Waals surface area contributed by atoms with E-state index in [1.54, 1.807) is 0 Å². The van der Waals surface area contributed by atoms with E-state index in [4.69, 9.17) is 4.98 Å². The molecule has 0 saturated carbocycles. The summed E-state index contributed by atoms with van der Waals surface area (Å²) in [6, 6.07) is 8.11. The van der Waals surface area contributed by atoms with Crippen LogP contribution in [0.25, 0.3) is 11.4 Å². The van der Waals surface area contributed by atoms with E-state index >= 15 is 0 Å². The molecule has 2 saturated heterocycles. The Bertz CT molecular complexity index is 924. The Morgan fingerprint density at radius 2 is 1.77 bits per heavy atom. The number of hydrogen-bond donors (Lipinski definition) is 0. The lowest BCUT2D eigenvalue weighted by Gasteiger charge is -2.32. The first-order valence-electron chi connectivity index (χ1n) is 11.6. The zero-order chi connectivity index (χ0) is 21.2. The van der Waals surface area contributed by atoms with Gasteiger partial charge in [0.2, 0.25) is 5.91 Å². The fourth-order valence-corrected chi connectivity index (χ4v) is 4.91. The number of fused-ring (bicyclic) bond motifs is 1. The van der Waals surface area contributed by atoms with E-state index in [0.29, 0.717) is 6.54 Å². The van der Waals surface area contributed by atoms with Crippen LogP contribution in [0.3, 0.4) is 0 Å². The largest absolute Gasteiger partial charge is 0.356 e. The molecule has 0 unspecified atom stereocenters. The predicted molar refractivity (Wildman–Crippen MR) is 124 cm³/mol. The number of likely N-dealkylation sites (N-methyl/N-ethyl adjacent to an activating group) is 1. The van der Waals surface area contributed by atoms with Crippen LogP contribution < -0.4 is 9.80 Å². The molecule has 0 N–H and O–H groups in total. The molecule has 7 nitrogen and oxygen atoms in total. The lowest BCUT2D eigenvalue weighted by atomic mass is 10.1. The van der Waals surface area contributed by atoms with Crippen LogP contribution >= 0.6 is 0 Å². The Morgan fingerprint density at radius 1 is 0.968 bits per heavy atom. The van der Waals surface area contributed by atoms with Crippen molar-refractivity contribution >= 4 is 17.4 Å². The fourth-order valence-electron chi connectivity index (χ4n) is 4.91. The molecule has 0 atom stereocenters. The van der Waals surface area contributed by atoms with E-state index in [1.165, 1.54) is 44.5 Å². The number of carbonyl (C=O) groups excluding carboxylic acids is 1. The van der Waals surface area contributed by atoms with Crippen LogP contribution in [0, 0.1) is 0 Å². The monoisotopic (exact) mass is 420 g/mol. The summed E-state index contributed by atoms with van der Waals surface area (Å²) in [7, 11) is 1.99. The van der Waals surface area contributed by atoms with Crippen molar-refractivity contribution in [3.05, 3.63) is 36.0 Å². The highest BCUT2D eigenvalue weighted by molar-refractivity contribution is 5.95. The van der Waals surface area contributed by atoms with Gasteiger partial charge in [-0.25, -0.2) is 9.97 Å². The Balaban J connectivity index is 1.26. The number of likely N-dealkylation sites (tertiary alicyclic amines) is 1. The van der Waals surface area contributed by atoms with Crippen molar-refractivity contribution in [3.8, 4) is 11.4 Å². The molecule has 0 aliphatic carbocycles. The molecule has 7 heteroatoms. The van der Waals surface area contributed by atoms with Crippen molar-refractivity contribution in [3.63, 3.8) is 0 Å². The second kappa shape index (κ2) is 8.93. The molecular weight excluding hydrogens is 388 g/mol. The summed E-state index contributed by atoms with van der Waals surface area (Å²) in [6.45, 7) is 7.92. The topological polar surface area (TPSA) is 55.8 Å². The van der Waals surface area contributed by atoms with Crippen molar-refractivity contribution in [1.82, 2.24) is 19.8 Å². The maximum atomic E-state index is 12.3. The highest BCUT2D eigenvalue weighted by atomic mass is 16.2. The van der Waals surface area contributed by atoms with E-state index in [2.05, 4.69) is 19.7 Å². The van der Waals surface area contributed by atoms with Gasteiger partial charge < -0.3 is 14.7 Å². The van der Waals surface area contributed by atoms with Crippen LogP contribution in [-0.4, -0.2) is 85.1 Å². The summed E-state index contributed by atoms with van der Waals surface area (Å²) in [5.74, 6) is 2.02. The first-order chi connectivity index (χ1) is 15.2. The van der Waals surface area contributed by atoms with Gasteiger partial charge in [0.05, 0.1) is 6.54 Å². The molecule has 1 aromatic heterocycles. The second-order valence-corrected chi connectivity index (χ2v) is 9.01. The molecule has 5 rings (SSSR count). The van der Waals surface area contributed by atoms with Crippen molar-refractivity contribution < 1.29 is 4.79 Å². The normalized spacial score (nSPS) is 20.0. The molecule has 164 valence electrons. The van der Waals surface area contributed by atoms with Crippen molar-refractivity contribution in [2.75, 3.05) is 69.2 Å². The molecule has 0 spiro atoms. The van der Waals surface area contributed by atoms with Gasteiger partial charge in [-0.15, -0.1) is 0 Å². The Kier molecular flexibility index (Phi) is 5.87. The summed E-state index contributed by atoms with van der Waals surface area (Å²) in [5, 5.41) is 0. The third-order valence-corrected chi connectivity index (χ3v) is 6.74. The number of rotatable bonds is 6. The minimum absolute atomic E-state index is 0.153. The van der Waals surface area contributed by atoms with Crippen molar-refractivity contribution in [2.24, 2.45) is 0 Å². The molecular formula is C24H32N6O. The number of nitrogens with zero attached hydrogens (tertiary/aromatic N) is 6. The molecule has 4 heterocycles. The minimum atomic E-state index is 0.153. The van der Waals surface area contributed by atoms with E-state index in [-0.39, 0.29) is 5.91 Å². The Labute approximate surface area is 184 Å². The van der Waals surface area contributed by atoms with Gasteiger partial charge >= 0.3 is 0 Å². The van der Waals surface area contributed by atoms with Crippen molar-refractivity contribution in [2.45, 2.75) is 25.7 Å². The van der Waals surface area contributed by atoms with Gasteiger partial charge in [0.1, 0.15) is 5.82 Å². The smallest absolute Gasteiger partial charge is 0.241 e. The zero-order valence-electron chi connectivity index (χ0n) is 18.5. The van der Waals surface area contributed by atoms with Gasteiger partial charge in [-0.3, -0.25) is 9.69 Å². The molecule has 31 heavy (non-hydrogen) atoms. The Morgan fingerprint density at radius 3 is 2.55 bits per heavy atom. The average molecular weight is 421 g/mol. The van der Waals surface area contributed by atoms with E-state index in [9.17, 15) is 4.79 Å². The maximum Gasteiger partial charge on any atom is 0.241 e. The van der Waals surface area contributed by atoms with Crippen molar-refractivity contribution in [1.29, 1.82) is 0 Å². The molecule has 0 bridgehead atoms. The van der Waals surface area contributed by atoms with Gasteiger partial charge in [-0.05, 0) is 76.6 Å². The average Bonchev–Trinajstić information content (AvgIpc) is 3.44. The number of aromatic nitrogens is 2. The van der Waals surface area contributed by atoms with Crippen LogP contribution in [0.5, 0.6) is 0 Å². The lowest BCUT2D eigenvalue weighted by molar-refractivity contribution is -0.120. The number of hydrogen-bond acceptors (Lipinski definition) is 6. The summed E-state index contributed by atoms with van der Waals surface area (Å²) in [4.78, 5) is 30.8. The lowest BCUT2D eigenvalue weighted by Crippen LogP contribution is -2.48. The summed E-state index contributed by atoms with van der Waals surface area (Å²) in [6.07, 6.45) is 6.92. The summed E-state index contributed by atoms with van der Waals surface area (Å²) < 4.78 is 0. The van der Waals surface area contributed by atoms with Gasteiger partial charge in [0, 0.05) is 49.2 Å². The first-order valence-corrected chi connectivity index (χ1v) is 11.6. The highest BCUT2D eigenvalue weighted by Crippen LogP contribution is 2.29. The van der Waals surface area contributed by atoms with Gasteiger partial charge in [-0.1, -0.05) is 0 Å². The molecule has 2 aromatic rings. The van der Waals surface area contributed by atoms with Gasteiger partial charge in [-0.2, -0.15) is 0 Å². The maximum absolute atomic E-state index is 12.3. The molecule has 2 fully saturated rings. The van der Waals surface area contributed by atoms with E-state index in [1.807, 2.05) is 42.4 Å². The quantitative estimate of drug-likeness (QED) is 0.715. The predicted octanol–water partition coefficient (Wildman–Crippen LogP) is 2.27. The zero-order valence-corrected chi connectivity index (χ0v) is 18.5. The van der Waals surface area contributed by atoms with Crippen LogP contribution in [-0.2, 0) is 11.2 Å². The summed E-state index contributed by atoms with van der Waals surface area (Å²) >= 11 is 0. The van der Waals surface area contributed by atoms with E-state index < -0.39 is 0 Å². The van der Waals surface area contributed by atoms with Crippen LogP contribution in [0.1, 0.15) is 24.8 Å². The van der Waals surface area contributed by atoms with Crippen LogP contribution in [0.4, 0.5) is 11.5 Å². The number of anilines is 2.